The smallest absolute Gasteiger partial charge is 0.368 e. The van der Waals surface area contributed by atoms with Crippen LogP contribution in [0.2, 0.25) is 0 Å². The molecule has 5 aromatic carbocycles. The first-order chi connectivity index (χ1) is 27.3. The third-order valence-corrected chi connectivity index (χ3v) is 7.64. The zero-order chi connectivity index (χ0) is 44.4. The molecule has 0 saturated heterocycles. The third-order valence-electron chi connectivity index (χ3n) is 7.64. The van der Waals surface area contributed by atoms with E-state index in [-0.39, 0.29) is 23.0 Å². The van der Waals surface area contributed by atoms with Gasteiger partial charge in [-0.1, -0.05) is 24.3 Å². The van der Waals surface area contributed by atoms with E-state index in [1.165, 1.54) is 24.3 Å². The molecule has 4 N–H and O–H groups in total. The Morgan fingerprint density at radius 2 is 0.733 bits per heavy atom. The first-order valence-corrected chi connectivity index (χ1v) is 20.6. The minimum Gasteiger partial charge on any atom is -0.507 e. The van der Waals surface area contributed by atoms with Crippen LogP contribution in [0.15, 0.2) is 130 Å². The summed E-state index contributed by atoms with van der Waals surface area (Å²) in [5, 5.41) is 40.7. The van der Waals surface area contributed by atoms with Crippen molar-refractivity contribution in [3.63, 3.8) is 0 Å². The van der Waals surface area contributed by atoms with Gasteiger partial charge in [-0.05, 0) is 71.8 Å². The summed E-state index contributed by atoms with van der Waals surface area (Å²) in [6, 6.07) is 35.5. The maximum Gasteiger partial charge on any atom is 0.368 e. The molecule has 0 aliphatic heterocycles. The molecule has 322 valence electrons. The fourth-order valence-corrected chi connectivity index (χ4v) is 5.22. The Hall–Kier alpha value is -6.26. The van der Waals surface area contributed by atoms with Crippen molar-refractivity contribution in [1.82, 2.24) is 0 Å². The molecule has 0 unspecified atom stereocenters. The molecule has 0 amide bonds. The molecule has 0 radical (unpaired) electrons. The monoisotopic (exact) mass is 902 g/mol. The van der Waals surface area contributed by atoms with E-state index in [0.29, 0.717) is 58.2 Å². The Kier molecular flexibility index (Phi) is 11.0. The summed E-state index contributed by atoms with van der Waals surface area (Å²) < 4.78 is 142. The maximum absolute atomic E-state index is 10.7. The average molecular weight is 903 g/mol. The van der Waals surface area contributed by atoms with Gasteiger partial charge in [-0.2, -0.15) is 0 Å². The molecular formula is C38H28F12O8P2. The van der Waals surface area contributed by atoms with Crippen LogP contribution in [0.3, 0.4) is 0 Å². The minimum absolute atomic E-state index is 0.0442. The molecule has 2 aromatic heterocycles. The first-order valence-electron chi connectivity index (χ1n) is 16.5. The Morgan fingerprint density at radius 3 is 1.05 bits per heavy atom. The molecule has 7 rings (SSSR count). The Morgan fingerprint density at radius 1 is 0.417 bits per heavy atom. The molecule has 22 heteroatoms. The van der Waals surface area contributed by atoms with Gasteiger partial charge in [0.2, 0.25) is 0 Å². The van der Waals surface area contributed by atoms with Crippen molar-refractivity contribution >= 4 is 37.6 Å². The molecule has 7 aromatic rings. The molecule has 0 aliphatic carbocycles. The van der Waals surface area contributed by atoms with Gasteiger partial charge in [-0.25, -0.2) is 8.83 Å². The Bertz CT molecular complexity index is 2480. The number of ether oxygens (including phenoxy) is 2. The van der Waals surface area contributed by atoms with Crippen LogP contribution in [0.25, 0.3) is 44.6 Å². The number of aromatic hydroxyl groups is 4. The van der Waals surface area contributed by atoms with Crippen molar-refractivity contribution in [2.24, 2.45) is 0 Å². The van der Waals surface area contributed by atoms with Crippen LogP contribution in [0.5, 0.6) is 34.5 Å². The number of phenols is 4. The number of phenolic OH excluding ortho intramolecular Hbond substituents is 4. The van der Waals surface area contributed by atoms with E-state index in [1.54, 1.807) is 24.3 Å². The Labute approximate surface area is 329 Å². The molecule has 0 aliphatic rings. The standard InChI is InChI=1S/C38H26O8.2F6P/c39-27-17-33(41)31-13-15-35(45-37(31)19-27)23-5-9-29(10-6-23)43-21-25-3-1-2-4-26(25)22-44-30-11-7-24(8-12-30)36-16-14-32-34(42)18-28(40)20-38(32)46-36;2*1-7(2,3,4,5)6/h1-20H,21-22H2,(H2-2,39,40,41,42);;/q;2*-1/p+2. The summed E-state index contributed by atoms with van der Waals surface area (Å²) in [5.74, 6) is 2.33. The number of rotatable bonds is 8. The number of hydrogen-bond acceptors (Lipinski definition) is 6. The molecule has 2 heterocycles. The van der Waals surface area contributed by atoms with Crippen molar-refractivity contribution in [2.75, 3.05) is 0 Å². The van der Waals surface area contributed by atoms with Gasteiger partial charge in [0, 0.05) is 24.3 Å². The van der Waals surface area contributed by atoms with Crippen LogP contribution in [-0.2, 0) is 13.2 Å². The van der Waals surface area contributed by atoms with E-state index in [0.717, 1.165) is 22.3 Å². The van der Waals surface area contributed by atoms with E-state index in [4.69, 9.17) is 18.3 Å². The molecule has 0 atom stereocenters. The van der Waals surface area contributed by atoms with Crippen LogP contribution in [-0.4, -0.2) is 20.4 Å². The van der Waals surface area contributed by atoms with E-state index >= 15 is 0 Å². The van der Waals surface area contributed by atoms with Gasteiger partial charge < -0.3 is 29.9 Å². The van der Waals surface area contributed by atoms with Crippen LogP contribution >= 0.6 is 15.6 Å². The predicted octanol–water partition coefficient (Wildman–Crippen LogP) is 15.8. The normalized spacial score (nSPS) is 13.9. The molecule has 0 spiro atoms. The number of hydrogen-bond donors (Lipinski definition) is 4. The molecule has 0 saturated carbocycles. The van der Waals surface area contributed by atoms with Crippen molar-refractivity contribution in [1.29, 1.82) is 0 Å². The molecule has 0 fully saturated rings. The Balaban J connectivity index is 0.000000420. The summed E-state index contributed by atoms with van der Waals surface area (Å²) in [5.41, 5.74) is 4.40. The van der Waals surface area contributed by atoms with Crippen molar-refractivity contribution in [2.45, 2.75) is 13.2 Å². The predicted molar refractivity (Wildman–Crippen MR) is 201 cm³/mol. The molecular weight excluding hydrogens is 874 g/mol. The zero-order valence-corrected chi connectivity index (χ0v) is 31.6. The van der Waals surface area contributed by atoms with Crippen LogP contribution < -0.4 is 9.47 Å². The van der Waals surface area contributed by atoms with Gasteiger partial charge in [0.25, 0.3) is 0 Å². The van der Waals surface area contributed by atoms with Crippen molar-refractivity contribution < 1.29 is 89.1 Å². The molecule has 0 bridgehead atoms. The largest absolute Gasteiger partial charge is 0.507 e. The van der Waals surface area contributed by atoms with Crippen molar-refractivity contribution in [3.05, 3.63) is 132 Å². The fraction of sp³-hybridized carbons (Fsp3) is 0.0526. The molecule has 60 heavy (non-hydrogen) atoms. The second kappa shape index (κ2) is 14.8. The van der Waals surface area contributed by atoms with Gasteiger partial charge in [-0.15, -0.1) is 0 Å². The number of benzene rings is 5. The van der Waals surface area contributed by atoms with E-state index in [1.807, 2.05) is 72.8 Å². The van der Waals surface area contributed by atoms with Crippen LogP contribution in [0.1, 0.15) is 11.1 Å². The van der Waals surface area contributed by atoms with Gasteiger partial charge in [0.1, 0.15) is 58.5 Å². The average Bonchev–Trinajstić information content (AvgIpc) is 3.10. The number of fused-ring (bicyclic) bond motifs is 2. The summed E-state index contributed by atoms with van der Waals surface area (Å²) in [6.45, 7) is 0.705. The van der Waals surface area contributed by atoms with E-state index in [2.05, 4.69) is 0 Å². The minimum atomic E-state index is -10.7. The summed E-state index contributed by atoms with van der Waals surface area (Å²) in [4.78, 5) is 0. The van der Waals surface area contributed by atoms with Gasteiger partial charge >= 0.3 is 88.7 Å². The first kappa shape index (κ1) is 44.8. The quantitative estimate of drug-likeness (QED) is 0.0676. The van der Waals surface area contributed by atoms with Gasteiger partial charge in [0.15, 0.2) is 0 Å². The molecule has 8 nitrogen and oxygen atoms in total. The maximum atomic E-state index is 10.0. The van der Waals surface area contributed by atoms with Crippen LogP contribution in [0.4, 0.5) is 50.4 Å². The summed E-state index contributed by atoms with van der Waals surface area (Å²) in [6.07, 6.45) is 0. The fourth-order valence-electron chi connectivity index (χ4n) is 5.22. The topological polar surface area (TPSA) is 122 Å². The summed E-state index contributed by atoms with van der Waals surface area (Å²) >= 11 is 0. The zero-order valence-electron chi connectivity index (χ0n) is 29.8. The van der Waals surface area contributed by atoms with E-state index in [9.17, 15) is 70.8 Å². The van der Waals surface area contributed by atoms with Crippen molar-refractivity contribution in [3.8, 4) is 57.1 Å². The van der Waals surface area contributed by atoms with Gasteiger partial charge in [-0.3, -0.25) is 0 Å². The van der Waals surface area contributed by atoms with Gasteiger partial charge in [0.05, 0.1) is 23.3 Å². The SMILES string of the molecule is F[P-](F)(F)(F)(F)F.F[P-](F)(F)(F)(F)F.Oc1cc(O)c2ccc(-c3ccc(OCc4ccccc4COc4ccc(-c5ccc6c(O)cc(O)cc6[o+]5)cc4)cc3)[o+]c2c1. The second-order valence-corrected chi connectivity index (χ2v) is 16.5. The van der Waals surface area contributed by atoms with Crippen LogP contribution in [0, 0.1) is 0 Å². The second-order valence-electron chi connectivity index (χ2n) is 12.7. The number of halogens is 12. The third kappa shape index (κ3) is 15.5. The summed E-state index contributed by atoms with van der Waals surface area (Å²) in [7, 11) is -21.3. The van der Waals surface area contributed by atoms with E-state index < -0.39 is 15.6 Å².